The molecule has 0 saturated carbocycles. The number of unbranched alkanes of at least 4 members (excludes halogenated alkanes) is 1. The molecule has 0 radical (unpaired) electrons. The molecule has 0 aromatic rings. The van der Waals surface area contributed by atoms with Crippen molar-refractivity contribution < 1.29 is 9.59 Å². The Bertz CT molecular complexity index is 385. The van der Waals surface area contributed by atoms with Gasteiger partial charge in [0.15, 0.2) is 0 Å². The molecule has 2 aliphatic heterocycles. The van der Waals surface area contributed by atoms with Gasteiger partial charge in [0, 0.05) is 18.1 Å². The summed E-state index contributed by atoms with van der Waals surface area (Å²) >= 11 is 1.97. The van der Waals surface area contributed by atoms with E-state index in [1.54, 1.807) is 0 Å². The Balaban J connectivity index is 1.68. The van der Waals surface area contributed by atoms with Gasteiger partial charge in [-0.15, -0.1) is 9.24 Å². The molecule has 2 heterocycles. The van der Waals surface area contributed by atoms with Crippen molar-refractivity contribution in [1.29, 1.82) is 0 Å². The highest BCUT2D eigenvalue weighted by molar-refractivity contribution is 8.00. The fourth-order valence-electron chi connectivity index (χ4n) is 2.90. The molecule has 2 aliphatic rings. The summed E-state index contributed by atoms with van der Waals surface area (Å²) in [5.74, 6) is 1.04. The number of urea groups is 1. The first-order chi connectivity index (χ1) is 9.54. The van der Waals surface area contributed by atoms with E-state index in [4.69, 9.17) is 0 Å². The topological polar surface area (TPSA) is 49.4 Å². The molecule has 4 unspecified atom stereocenters. The maximum atomic E-state index is 11.8. The zero-order chi connectivity index (χ0) is 14.7. The van der Waals surface area contributed by atoms with E-state index in [2.05, 4.69) is 14.6 Å². The molecule has 112 valence electrons. The Labute approximate surface area is 128 Å². The second kappa shape index (κ2) is 7.17. The SMILES string of the molecule is CB(CP)C(=O)CCCCC1SCC2C1NC(=O)N2C. The largest absolute Gasteiger partial charge is 0.332 e. The van der Waals surface area contributed by atoms with Crippen LogP contribution in [0.5, 0.6) is 0 Å². The minimum absolute atomic E-state index is 0.0646. The summed E-state index contributed by atoms with van der Waals surface area (Å²) in [5.41, 5.74) is 0.380. The van der Waals surface area contributed by atoms with Gasteiger partial charge in [-0.3, -0.25) is 0 Å². The second-order valence-electron chi connectivity index (χ2n) is 5.87. The zero-order valence-electron chi connectivity index (χ0n) is 12.3. The number of carbonyl (C=O) groups is 2. The minimum atomic E-state index is 0.0646. The van der Waals surface area contributed by atoms with Crippen molar-refractivity contribution in [1.82, 2.24) is 10.2 Å². The first kappa shape index (κ1) is 16.2. The van der Waals surface area contributed by atoms with Gasteiger partial charge in [-0.1, -0.05) is 19.3 Å². The molecule has 0 spiro atoms. The molecule has 2 amide bonds. The Hall–Kier alpha value is -0.215. The van der Waals surface area contributed by atoms with Crippen LogP contribution in [0.2, 0.25) is 6.82 Å². The number of rotatable bonds is 7. The third-order valence-corrected chi connectivity index (χ3v) is 6.67. The fraction of sp³-hybridized carbons (Fsp3) is 0.846. The van der Waals surface area contributed by atoms with Gasteiger partial charge in [0.1, 0.15) is 0 Å². The molecule has 2 saturated heterocycles. The van der Waals surface area contributed by atoms with Gasteiger partial charge in [0.25, 0.3) is 0 Å². The molecule has 20 heavy (non-hydrogen) atoms. The summed E-state index contributed by atoms with van der Waals surface area (Å²) in [6, 6.07) is 1.59. The zero-order valence-corrected chi connectivity index (χ0v) is 14.3. The number of hydrogen-bond acceptors (Lipinski definition) is 3. The molecule has 4 nitrogen and oxygen atoms in total. The van der Waals surface area contributed by atoms with Crippen LogP contribution in [0.1, 0.15) is 25.7 Å². The fourth-order valence-corrected chi connectivity index (χ4v) is 4.83. The van der Waals surface area contributed by atoms with Crippen LogP contribution in [-0.2, 0) is 4.79 Å². The predicted octanol–water partition coefficient (Wildman–Crippen LogP) is 1.70. The number of likely N-dealkylation sites (N-methyl/N-ethyl adjacent to an activating group) is 1. The molecule has 7 heteroatoms. The van der Waals surface area contributed by atoms with E-state index in [0.29, 0.717) is 29.4 Å². The number of fused-ring (bicyclic) bond motifs is 1. The van der Waals surface area contributed by atoms with E-state index < -0.39 is 0 Å². The summed E-state index contributed by atoms with van der Waals surface area (Å²) < 4.78 is 0. The molecule has 1 N–H and O–H groups in total. The quantitative estimate of drug-likeness (QED) is 0.337. The van der Waals surface area contributed by atoms with Crippen LogP contribution in [0.4, 0.5) is 4.79 Å². The van der Waals surface area contributed by atoms with Crippen LogP contribution in [0, 0.1) is 0 Å². The van der Waals surface area contributed by atoms with E-state index in [-0.39, 0.29) is 12.7 Å². The summed E-state index contributed by atoms with van der Waals surface area (Å²) in [7, 11) is 4.52. The van der Waals surface area contributed by atoms with Crippen LogP contribution < -0.4 is 5.32 Å². The summed E-state index contributed by atoms with van der Waals surface area (Å²) in [4.78, 5) is 25.2. The van der Waals surface area contributed by atoms with Gasteiger partial charge < -0.3 is 15.0 Å². The predicted molar refractivity (Wildman–Crippen MR) is 89.8 cm³/mol. The molecular weight excluding hydrogens is 290 g/mol. The highest BCUT2D eigenvalue weighted by Gasteiger charge is 2.46. The van der Waals surface area contributed by atoms with E-state index in [1.165, 1.54) is 0 Å². The molecule has 0 bridgehead atoms. The van der Waals surface area contributed by atoms with Crippen molar-refractivity contribution in [2.75, 3.05) is 18.9 Å². The lowest BCUT2D eigenvalue weighted by atomic mass is 9.50. The first-order valence-electron chi connectivity index (χ1n) is 7.42. The Morgan fingerprint density at radius 3 is 3.00 bits per heavy atom. The molecular formula is C13H24BN2O2PS. The summed E-state index contributed by atoms with van der Waals surface area (Å²) in [6.07, 6.45) is 3.86. The van der Waals surface area contributed by atoms with Gasteiger partial charge in [0.05, 0.1) is 17.8 Å². The Kier molecular flexibility index (Phi) is 5.79. The van der Waals surface area contributed by atoms with Crippen molar-refractivity contribution in [3.05, 3.63) is 0 Å². The van der Waals surface area contributed by atoms with Crippen molar-refractivity contribution in [3.63, 3.8) is 0 Å². The molecule has 4 atom stereocenters. The van der Waals surface area contributed by atoms with Crippen LogP contribution >= 0.6 is 21.0 Å². The second-order valence-corrected chi connectivity index (χ2v) is 7.62. The molecule has 2 fully saturated rings. The standard InChI is InChI=1S/C13H24BN2O2PS/c1-14(8-19)11(17)6-4-3-5-10-12-9(7-20-10)16(2)13(18)15-12/h9-10,12H,3-8,19H2,1-2H3,(H,15,18). The molecule has 0 aromatic carbocycles. The number of carbonyl (C=O) groups excluding carboxylic acids is 2. The van der Waals surface area contributed by atoms with Crippen molar-refractivity contribution in [2.24, 2.45) is 0 Å². The van der Waals surface area contributed by atoms with Crippen molar-refractivity contribution >= 4 is 39.4 Å². The highest BCUT2D eigenvalue weighted by atomic mass is 32.2. The average molecular weight is 314 g/mol. The first-order valence-corrected chi connectivity index (χ1v) is 9.28. The van der Waals surface area contributed by atoms with E-state index >= 15 is 0 Å². The smallest absolute Gasteiger partial charge is 0.317 e. The number of thioether (sulfide) groups is 1. The van der Waals surface area contributed by atoms with Gasteiger partial charge in [-0.05, 0) is 19.3 Å². The van der Waals surface area contributed by atoms with Crippen LogP contribution in [0.25, 0.3) is 0 Å². The van der Waals surface area contributed by atoms with Crippen LogP contribution in [0.3, 0.4) is 0 Å². The molecule has 2 rings (SSSR count). The highest BCUT2D eigenvalue weighted by Crippen LogP contribution is 2.36. The van der Waals surface area contributed by atoms with Crippen molar-refractivity contribution in [2.45, 2.75) is 49.8 Å². The van der Waals surface area contributed by atoms with Gasteiger partial charge in [-0.25, -0.2) is 4.79 Å². The normalized spacial score (nSPS) is 28.4. The monoisotopic (exact) mass is 314 g/mol. The lowest BCUT2D eigenvalue weighted by molar-refractivity contribution is -0.112. The third-order valence-electron chi connectivity index (χ3n) is 4.47. The summed E-state index contributed by atoms with van der Waals surface area (Å²) in [5, 5.41) is 3.61. The maximum absolute atomic E-state index is 11.8. The third kappa shape index (κ3) is 3.51. The van der Waals surface area contributed by atoms with E-state index in [9.17, 15) is 9.59 Å². The van der Waals surface area contributed by atoms with Crippen LogP contribution in [0.15, 0.2) is 0 Å². The van der Waals surface area contributed by atoms with Gasteiger partial charge >= 0.3 is 6.03 Å². The van der Waals surface area contributed by atoms with Crippen LogP contribution in [-0.4, -0.2) is 59.5 Å². The number of nitrogens with one attached hydrogen (secondary N) is 1. The summed E-state index contributed by atoms with van der Waals surface area (Å²) in [6.45, 7) is 2.17. The minimum Gasteiger partial charge on any atom is -0.332 e. The number of amides is 2. The lowest BCUT2D eigenvalue weighted by Gasteiger charge is -2.17. The van der Waals surface area contributed by atoms with E-state index in [1.807, 2.05) is 30.5 Å². The average Bonchev–Trinajstić information content (AvgIpc) is 2.95. The van der Waals surface area contributed by atoms with Gasteiger partial charge in [0.2, 0.25) is 6.71 Å². The number of hydrogen-bond donors (Lipinski definition) is 1. The Morgan fingerprint density at radius 1 is 1.55 bits per heavy atom. The number of nitrogens with zero attached hydrogens (tertiary/aromatic N) is 1. The Morgan fingerprint density at radius 2 is 2.30 bits per heavy atom. The molecule has 0 aromatic heterocycles. The van der Waals surface area contributed by atoms with Crippen molar-refractivity contribution in [3.8, 4) is 0 Å². The lowest BCUT2D eigenvalue weighted by Crippen LogP contribution is -2.37. The van der Waals surface area contributed by atoms with E-state index in [0.717, 1.165) is 31.1 Å². The molecule has 0 aliphatic carbocycles. The van der Waals surface area contributed by atoms with Gasteiger partial charge in [-0.2, -0.15) is 11.8 Å². The maximum Gasteiger partial charge on any atom is 0.317 e.